The molecule has 0 bridgehead atoms. The molecule has 0 saturated heterocycles. The van der Waals surface area contributed by atoms with Crippen molar-refractivity contribution in [1.29, 1.82) is 0 Å². The summed E-state index contributed by atoms with van der Waals surface area (Å²) in [7, 11) is 1.46. The average molecular weight is 223 g/mol. The van der Waals surface area contributed by atoms with Crippen molar-refractivity contribution in [3.63, 3.8) is 0 Å². The first-order valence-corrected chi connectivity index (χ1v) is 5.38. The zero-order valence-electron chi connectivity index (χ0n) is 9.79. The van der Waals surface area contributed by atoms with Crippen molar-refractivity contribution in [2.24, 2.45) is 0 Å². The lowest BCUT2D eigenvalue weighted by Crippen LogP contribution is -2.14. The van der Waals surface area contributed by atoms with Crippen LogP contribution < -0.4 is 10.1 Å². The Labute approximate surface area is 96.1 Å². The van der Waals surface area contributed by atoms with Crippen molar-refractivity contribution < 1.29 is 9.13 Å². The lowest BCUT2D eigenvalue weighted by Gasteiger charge is -2.15. The number of hydrogen-bond acceptors (Lipinski definition) is 2. The lowest BCUT2D eigenvalue weighted by atomic mass is 10.1. The third-order valence-electron chi connectivity index (χ3n) is 2.37. The first kappa shape index (κ1) is 12.6. The van der Waals surface area contributed by atoms with Gasteiger partial charge in [0, 0.05) is 17.8 Å². The number of ether oxygens (including phenoxy) is 1. The molecule has 0 heterocycles. The number of benzene rings is 1. The van der Waals surface area contributed by atoms with Crippen LogP contribution in [0.2, 0.25) is 0 Å². The first-order valence-electron chi connectivity index (χ1n) is 5.38. The van der Waals surface area contributed by atoms with Crippen LogP contribution in [-0.4, -0.2) is 13.2 Å². The van der Waals surface area contributed by atoms with Crippen LogP contribution in [0.1, 0.15) is 19.8 Å². The maximum Gasteiger partial charge on any atom is 0.165 e. The fraction of sp³-hybridized carbons (Fsp3) is 0.385. The number of rotatable bonds is 6. The molecule has 0 aliphatic carbocycles. The van der Waals surface area contributed by atoms with E-state index in [2.05, 4.69) is 18.8 Å². The van der Waals surface area contributed by atoms with Crippen molar-refractivity contribution in [3.05, 3.63) is 36.7 Å². The summed E-state index contributed by atoms with van der Waals surface area (Å²) in [5, 5.41) is 3.28. The van der Waals surface area contributed by atoms with Crippen LogP contribution in [0.15, 0.2) is 30.9 Å². The molecular formula is C13H18FNO. The molecule has 1 aromatic carbocycles. The summed E-state index contributed by atoms with van der Waals surface area (Å²) >= 11 is 0. The molecule has 0 spiro atoms. The van der Waals surface area contributed by atoms with Crippen molar-refractivity contribution in [2.75, 3.05) is 12.4 Å². The van der Waals surface area contributed by atoms with Crippen LogP contribution in [0, 0.1) is 5.82 Å². The Bertz CT molecular complexity index is 352. The molecule has 0 radical (unpaired) electrons. The van der Waals surface area contributed by atoms with Gasteiger partial charge in [-0.3, -0.25) is 0 Å². The first-order chi connectivity index (χ1) is 7.67. The summed E-state index contributed by atoms with van der Waals surface area (Å²) in [5.74, 6) is -0.0762. The monoisotopic (exact) mass is 223 g/mol. The van der Waals surface area contributed by atoms with Gasteiger partial charge in [0.1, 0.15) is 0 Å². The second kappa shape index (κ2) is 6.16. The number of allylic oxidation sites excluding steroid dienone is 1. The highest BCUT2D eigenvalue weighted by molar-refractivity contribution is 5.49. The van der Waals surface area contributed by atoms with Gasteiger partial charge in [0.05, 0.1) is 7.11 Å². The number of anilines is 1. The minimum Gasteiger partial charge on any atom is -0.494 e. The zero-order valence-corrected chi connectivity index (χ0v) is 9.79. The summed E-state index contributed by atoms with van der Waals surface area (Å²) in [6.07, 6.45) is 3.86. The lowest BCUT2D eigenvalue weighted by molar-refractivity contribution is 0.386. The molecule has 1 atom stereocenters. The summed E-state index contributed by atoms with van der Waals surface area (Å²) in [4.78, 5) is 0. The summed E-state index contributed by atoms with van der Waals surface area (Å²) in [6, 6.07) is 5.11. The van der Waals surface area contributed by atoms with E-state index < -0.39 is 0 Å². The molecule has 88 valence electrons. The molecule has 16 heavy (non-hydrogen) atoms. The van der Waals surface area contributed by atoms with E-state index >= 15 is 0 Å². The summed E-state index contributed by atoms with van der Waals surface area (Å²) in [5.41, 5.74) is 0.870. The Morgan fingerprint density at radius 1 is 1.56 bits per heavy atom. The molecule has 0 aromatic heterocycles. The van der Waals surface area contributed by atoms with Gasteiger partial charge in [-0.2, -0.15) is 0 Å². The van der Waals surface area contributed by atoms with Gasteiger partial charge in [-0.05, 0) is 31.9 Å². The SMILES string of the molecule is C=CCCC(C)Nc1ccc(F)c(OC)c1. The largest absolute Gasteiger partial charge is 0.494 e. The van der Waals surface area contributed by atoms with Crippen LogP contribution in [0.4, 0.5) is 10.1 Å². The van der Waals surface area contributed by atoms with E-state index in [4.69, 9.17) is 4.74 Å². The third-order valence-corrected chi connectivity index (χ3v) is 2.37. The van der Waals surface area contributed by atoms with Gasteiger partial charge in [0.15, 0.2) is 11.6 Å². The van der Waals surface area contributed by atoms with E-state index in [1.807, 2.05) is 6.08 Å². The Morgan fingerprint density at radius 2 is 2.31 bits per heavy atom. The number of hydrogen-bond donors (Lipinski definition) is 1. The number of nitrogens with one attached hydrogen (secondary N) is 1. The van der Waals surface area contributed by atoms with E-state index in [9.17, 15) is 4.39 Å². The van der Waals surface area contributed by atoms with Crippen molar-refractivity contribution in [1.82, 2.24) is 0 Å². The highest BCUT2D eigenvalue weighted by Gasteiger charge is 2.05. The van der Waals surface area contributed by atoms with Crippen LogP contribution in [0.25, 0.3) is 0 Å². The van der Waals surface area contributed by atoms with E-state index in [1.165, 1.54) is 13.2 Å². The Balaban J connectivity index is 2.63. The molecule has 0 amide bonds. The van der Waals surface area contributed by atoms with Crippen molar-refractivity contribution in [3.8, 4) is 5.75 Å². The summed E-state index contributed by atoms with van der Waals surface area (Å²) < 4.78 is 18.1. The molecule has 0 saturated carbocycles. The van der Waals surface area contributed by atoms with Crippen LogP contribution in [-0.2, 0) is 0 Å². The minimum atomic E-state index is -0.341. The van der Waals surface area contributed by atoms with Gasteiger partial charge in [0.2, 0.25) is 0 Å². The maximum absolute atomic E-state index is 13.1. The van der Waals surface area contributed by atoms with Crippen LogP contribution in [0.3, 0.4) is 0 Å². The molecular weight excluding hydrogens is 205 g/mol. The molecule has 1 unspecified atom stereocenters. The topological polar surface area (TPSA) is 21.3 Å². The molecule has 0 fully saturated rings. The zero-order chi connectivity index (χ0) is 12.0. The predicted octanol–water partition coefficient (Wildman–Crippen LogP) is 3.60. The molecule has 0 aliphatic rings. The second-order valence-corrected chi connectivity index (χ2v) is 3.76. The minimum absolute atomic E-state index is 0.265. The molecule has 1 aromatic rings. The molecule has 0 aliphatic heterocycles. The highest BCUT2D eigenvalue weighted by atomic mass is 19.1. The third kappa shape index (κ3) is 3.57. The highest BCUT2D eigenvalue weighted by Crippen LogP contribution is 2.22. The van der Waals surface area contributed by atoms with E-state index in [-0.39, 0.29) is 11.6 Å². The van der Waals surface area contributed by atoms with Gasteiger partial charge in [-0.1, -0.05) is 6.08 Å². The fourth-order valence-electron chi connectivity index (χ4n) is 1.47. The van der Waals surface area contributed by atoms with Gasteiger partial charge < -0.3 is 10.1 Å². The normalized spacial score (nSPS) is 11.9. The van der Waals surface area contributed by atoms with Gasteiger partial charge in [-0.15, -0.1) is 6.58 Å². The standard InChI is InChI=1S/C13H18FNO/c1-4-5-6-10(2)15-11-7-8-12(14)13(9-11)16-3/h4,7-10,15H,1,5-6H2,2-3H3. The fourth-order valence-corrected chi connectivity index (χ4v) is 1.47. The smallest absolute Gasteiger partial charge is 0.165 e. The predicted molar refractivity (Wildman–Crippen MR) is 65.5 cm³/mol. The summed E-state index contributed by atoms with van der Waals surface area (Å²) in [6.45, 7) is 5.76. The van der Waals surface area contributed by atoms with E-state index in [0.29, 0.717) is 6.04 Å². The quantitative estimate of drug-likeness (QED) is 0.744. The Morgan fingerprint density at radius 3 is 2.94 bits per heavy atom. The Hall–Kier alpha value is -1.51. The Kier molecular flexibility index (Phi) is 4.83. The van der Waals surface area contributed by atoms with E-state index in [0.717, 1.165) is 18.5 Å². The second-order valence-electron chi connectivity index (χ2n) is 3.76. The van der Waals surface area contributed by atoms with Crippen molar-refractivity contribution in [2.45, 2.75) is 25.8 Å². The van der Waals surface area contributed by atoms with Crippen LogP contribution in [0.5, 0.6) is 5.75 Å². The molecule has 1 N–H and O–H groups in total. The van der Waals surface area contributed by atoms with Gasteiger partial charge in [-0.25, -0.2) is 4.39 Å². The van der Waals surface area contributed by atoms with Gasteiger partial charge in [0.25, 0.3) is 0 Å². The van der Waals surface area contributed by atoms with Gasteiger partial charge >= 0.3 is 0 Å². The maximum atomic E-state index is 13.1. The molecule has 3 heteroatoms. The number of methoxy groups -OCH3 is 1. The molecule has 1 rings (SSSR count). The average Bonchev–Trinajstić information content (AvgIpc) is 2.29. The number of halogens is 1. The van der Waals surface area contributed by atoms with Crippen LogP contribution >= 0.6 is 0 Å². The van der Waals surface area contributed by atoms with Crippen molar-refractivity contribution >= 4 is 5.69 Å². The molecule has 2 nitrogen and oxygen atoms in total. The van der Waals surface area contributed by atoms with E-state index in [1.54, 1.807) is 12.1 Å².